The molecule has 11 nitrogen and oxygen atoms in total. The maximum atomic E-state index is 12.9. The van der Waals surface area contributed by atoms with Crippen LogP contribution < -0.4 is 16.1 Å². The molecule has 1 heterocycles. The summed E-state index contributed by atoms with van der Waals surface area (Å²) in [5.74, 6) is 4.63. The van der Waals surface area contributed by atoms with Crippen LogP contribution in [0, 0.1) is 11.8 Å². The third kappa shape index (κ3) is 8.39. The number of anilines is 1. The van der Waals surface area contributed by atoms with Gasteiger partial charge in [-0.05, 0) is 81.1 Å². The number of likely N-dealkylation sites (tertiary alicyclic amines) is 1. The molecule has 1 saturated carbocycles. The average Bonchev–Trinajstić information content (AvgIpc) is 3.83. The first-order valence-electron chi connectivity index (χ1n) is 14.1. The fourth-order valence-corrected chi connectivity index (χ4v) is 5.03. The highest BCUT2D eigenvalue weighted by Crippen LogP contribution is 2.31. The zero-order chi connectivity index (χ0) is 30.2. The van der Waals surface area contributed by atoms with Crippen molar-refractivity contribution in [3.05, 3.63) is 65.2 Å². The van der Waals surface area contributed by atoms with Crippen LogP contribution in [0.5, 0.6) is 0 Å². The molecule has 2 aromatic carbocycles. The molecule has 0 aromatic heterocycles. The lowest BCUT2D eigenvalue weighted by molar-refractivity contribution is -0.133. The van der Waals surface area contributed by atoms with Gasteiger partial charge in [0, 0.05) is 54.5 Å². The minimum Gasteiger partial charge on any atom is -0.391 e. The number of carbonyl (C=O) groups excluding carboxylic acids is 4. The minimum absolute atomic E-state index is 0.0596. The Morgan fingerprint density at radius 1 is 0.929 bits per heavy atom. The fraction of sp³-hybridized carbons (Fsp3) is 0.419. The molecule has 4 rings (SSSR count). The lowest BCUT2D eigenvalue weighted by atomic mass is 10.0. The second-order valence-corrected chi connectivity index (χ2v) is 10.8. The van der Waals surface area contributed by atoms with Gasteiger partial charge in [0.15, 0.2) is 0 Å². The van der Waals surface area contributed by atoms with Gasteiger partial charge >= 0.3 is 0 Å². The van der Waals surface area contributed by atoms with Gasteiger partial charge in [0.05, 0.1) is 12.6 Å². The molecule has 0 spiro atoms. The first-order chi connectivity index (χ1) is 20.1. The number of carbonyl (C=O) groups is 4. The summed E-state index contributed by atoms with van der Waals surface area (Å²) in [6.07, 6.45) is 2.79. The standard InChI is InChI=1S/C31H37N5O6/c1-20(37)29(31(41)34-42)33-30(40)24-9-5-22(6-10-24)3-4-23-7-11-25(12-8-23)32-28(39)19-36(26-13-14-26)27-15-17-35(18-16-27)21(2)38/h5-12,20,26-27,29,37,42H,13-19H2,1-2H3,(H,32,39)(H,33,40)(H,34,41)/t20-,29+/m1/s1. The van der Waals surface area contributed by atoms with Gasteiger partial charge in [0.1, 0.15) is 6.04 Å². The molecule has 0 bridgehead atoms. The highest BCUT2D eigenvalue weighted by atomic mass is 16.5. The Balaban J connectivity index is 1.29. The number of amides is 4. The number of hydrogen-bond donors (Lipinski definition) is 5. The molecule has 0 unspecified atom stereocenters. The lowest BCUT2D eigenvalue weighted by Crippen LogP contribution is -2.51. The topological polar surface area (TPSA) is 151 Å². The zero-order valence-corrected chi connectivity index (χ0v) is 23.8. The molecule has 222 valence electrons. The second kappa shape index (κ2) is 14.1. The highest BCUT2D eigenvalue weighted by Gasteiger charge is 2.36. The molecule has 4 amide bonds. The van der Waals surface area contributed by atoms with Crippen molar-refractivity contribution in [1.82, 2.24) is 20.6 Å². The van der Waals surface area contributed by atoms with E-state index < -0.39 is 24.0 Å². The van der Waals surface area contributed by atoms with Crippen LogP contribution in [0.4, 0.5) is 5.69 Å². The minimum atomic E-state index is -1.30. The molecular formula is C31H37N5O6. The Bertz CT molecular complexity index is 1340. The van der Waals surface area contributed by atoms with Gasteiger partial charge in [-0.2, -0.15) is 0 Å². The van der Waals surface area contributed by atoms with Gasteiger partial charge in [0.25, 0.3) is 11.8 Å². The van der Waals surface area contributed by atoms with Gasteiger partial charge < -0.3 is 20.6 Å². The van der Waals surface area contributed by atoms with E-state index in [9.17, 15) is 24.3 Å². The Morgan fingerprint density at radius 2 is 1.48 bits per heavy atom. The molecule has 2 aromatic rings. The summed E-state index contributed by atoms with van der Waals surface area (Å²) in [6.45, 7) is 4.74. The van der Waals surface area contributed by atoms with Crippen molar-refractivity contribution in [2.45, 2.75) is 63.8 Å². The summed E-state index contributed by atoms with van der Waals surface area (Å²) >= 11 is 0. The van der Waals surface area contributed by atoms with Crippen molar-refractivity contribution >= 4 is 29.3 Å². The highest BCUT2D eigenvalue weighted by molar-refractivity contribution is 5.97. The largest absolute Gasteiger partial charge is 0.391 e. The third-order valence-corrected chi connectivity index (χ3v) is 7.55. The SMILES string of the molecule is CC(=O)N1CCC(N(CC(=O)Nc2ccc(C#Cc3ccc(C(=O)N[C@H](C(=O)NO)[C@@H](C)O)cc3)cc2)C2CC2)CC1. The van der Waals surface area contributed by atoms with Gasteiger partial charge in [-0.25, -0.2) is 5.48 Å². The molecule has 2 fully saturated rings. The van der Waals surface area contributed by atoms with Crippen LogP contribution in [0.15, 0.2) is 48.5 Å². The number of hydrogen-bond acceptors (Lipinski definition) is 7. The molecule has 42 heavy (non-hydrogen) atoms. The van der Waals surface area contributed by atoms with Crippen LogP contribution in [0.2, 0.25) is 0 Å². The Hall–Kier alpha value is -4.24. The summed E-state index contributed by atoms with van der Waals surface area (Å²) in [4.78, 5) is 52.8. The van der Waals surface area contributed by atoms with Gasteiger partial charge in [-0.15, -0.1) is 0 Å². The first-order valence-corrected chi connectivity index (χ1v) is 14.1. The summed E-state index contributed by atoms with van der Waals surface area (Å²) in [5.41, 5.74) is 3.79. The molecular weight excluding hydrogens is 538 g/mol. The van der Waals surface area contributed by atoms with Crippen molar-refractivity contribution in [2.75, 3.05) is 25.0 Å². The van der Waals surface area contributed by atoms with Gasteiger partial charge in [-0.1, -0.05) is 11.8 Å². The molecule has 5 N–H and O–H groups in total. The van der Waals surface area contributed by atoms with Crippen LogP contribution >= 0.6 is 0 Å². The van der Waals surface area contributed by atoms with Crippen molar-refractivity contribution in [1.29, 1.82) is 0 Å². The monoisotopic (exact) mass is 575 g/mol. The van der Waals surface area contributed by atoms with Crippen molar-refractivity contribution in [2.24, 2.45) is 0 Å². The van der Waals surface area contributed by atoms with Crippen molar-refractivity contribution < 1.29 is 29.5 Å². The van der Waals surface area contributed by atoms with E-state index in [1.165, 1.54) is 12.4 Å². The van der Waals surface area contributed by atoms with Crippen molar-refractivity contribution in [3.63, 3.8) is 0 Å². The summed E-state index contributed by atoms with van der Waals surface area (Å²) < 4.78 is 0. The number of aliphatic hydroxyl groups is 1. The number of hydroxylamine groups is 1. The molecule has 1 aliphatic heterocycles. The molecule has 0 radical (unpaired) electrons. The number of nitrogens with one attached hydrogen (secondary N) is 3. The Labute approximate surface area is 245 Å². The molecule has 2 aliphatic rings. The van der Waals surface area contributed by atoms with Crippen LogP contribution in [0.25, 0.3) is 0 Å². The van der Waals surface area contributed by atoms with E-state index in [-0.39, 0.29) is 17.4 Å². The van der Waals surface area contributed by atoms with Gasteiger partial charge in [0.2, 0.25) is 11.8 Å². The van der Waals surface area contributed by atoms with E-state index >= 15 is 0 Å². The maximum Gasteiger partial charge on any atom is 0.268 e. The second-order valence-electron chi connectivity index (χ2n) is 10.8. The van der Waals surface area contributed by atoms with Crippen LogP contribution in [-0.2, 0) is 14.4 Å². The number of piperidine rings is 1. The molecule has 11 heteroatoms. The average molecular weight is 576 g/mol. The van der Waals surface area contributed by atoms with E-state index in [0.717, 1.165) is 44.3 Å². The van der Waals surface area contributed by atoms with E-state index in [0.29, 0.717) is 29.9 Å². The smallest absolute Gasteiger partial charge is 0.268 e. The number of benzene rings is 2. The predicted octanol–water partition coefficient (Wildman–Crippen LogP) is 1.48. The third-order valence-electron chi connectivity index (χ3n) is 7.55. The Morgan fingerprint density at radius 3 is 1.98 bits per heavy atom. The summed E-state index contributed by atoms with van der Waals surface area (Å²) in [7, 11) is 0. The maximum absolute atomic E-state index is 12.9. The number of nitrogens with zero attached hydrogens (tertiary/aromatic N) is 2. The van der Waals surface area contributed by atoms with Crippen LogP contribution in [-0.4, -0.2) is 87.6 Å². The van der Waals surface area contributed by atoms with E-state index in [2.05, 4.69) is 27.4 Å². The summed E-state index contributed by atoms with van der Waals surface area (Å²) in [5, 5.41) is 23.8. The molecule has 1 saturated heterocycles. The predicted molar refractivity (Wildman–Crippen MR) is 155 cm³/mol. The fourth-order valence-electron chi connectivity index (χ4n) is 5.03. The Kier molecular flexibility index (Phi) is 10.3. The summed E-state index contributed by atoms with van der Waals surface area (Å²) in [6, 6.07) is 13.1. The van der Waals surface area contributed by atoms with E-state index in [1.807, 2.05) is 29.2 Å². The number of aliphatic hydroxyl groups excluding tert-OH is 1. The van der Waals surface area contributed by atoms with E-state index in [1.54, 1.807) is 31.2 Å². The van der Waals surface area contributed by atoms with Crippen LogP contribution in [0.3, 0.4) is 0 Å². The van der Waals surface area contributed by atoms with Gasteiger partial charge in [-0.3, -0.25) is 29.3 Å². The number of rotatable bonds is 9. The first kappa shape index (κ1) is 30.7. The van der Waals surface area contributed by atoms with E-state index in [4.69, 9.17) is 5.21 Å². The quantitative estimate of drug-likeness (QED) is 0.173. The molecule has 1 aliphatic carbocycles. The molecule has 2 atom stereocenters. The zero-order valence-electron chi connectivity index (χ0n) is 23.8. The van der Waals surface area contributed by atoms with Crippen LogP contribution in [0.1, 0.15) is 61.0 Å². The normalized spacial score (nSPS) is 16.5. The van der Waals surface area contributed by atoms with Crippen molar-refractivity contribution in [3.8, 4) is 11.8 Å². The lowest BCUT2D eigenvalue weighted by Gasteiger charge is -2.38.